The van der Waals surface area contributed by atoms with Gasteiger partial charge >= 0.3 is 5.97 Å². The number of rotatable bonds is 8. The van der Waals surface area contributed by atoms with Crippen LogP contribution < -0.4 is 14.8 Å². The summed E-state index contributed by atoms with van der Waals surface area (Å²) >= 11 is 0. The van der Waals surface area contributed by atoms with E-state index in [0.717, 1.165) is 38.5 Å². The Morgan fingerprint density at radius 3 is 2.64 bits per heavy atom. The highest BCUT2D eigenvalue weighted by molar-refractivity contribution is 6.01. The van der Waals surface area contributed by atoms with Crippen molar-refractivity contribution in [1.82, 2.24) is 5.32 Å². The number of ether oxygens (including phenoxy) is 2. The molecule has 0 aromatic heterocycles. The zero-order chi connectivity index (χ0) is 20.4. The van der Waals surface area contributed by atoms with Crippen molar-refractivity contribution in [3.8, 4) is 17.6 Å². The van der Waals surface area contributed by atoms with Crippen LogP contribution in [0.15, 0.2) is 23.8 Å². The fourth-order valence-corrected chi connectivity index (χ4v) is 3.18. The van der Waals surface area contributed by atoms with Crippen molar-refractivity contribution in [2.24, 2.45) is 5.92 Å². The number of nitrogens with zero attached hydrogens (tertiary/aromatic N) is 1. The largest absolute Gasteiger partial charge is 0.493 e. The van der Waals surface area contributed by atoms with E-state index >= 15 is 0 Å². The molecule has 0 spiro atoms. The van der Waals surface area contributed by atoms with E-state index in [1.54, 1.807) is 18.2 Å². The summed E-state index contributed by atoms with van der Waals surface area (Å²) in [5.41, 5.74) is 0.640. The van der Waals surface area contributed by atoms with Gasteiger partial charge in [-0.15, -0.1) is 0 Å². The van der Waals surface area contributed by atoms with Crippen LogP contribution in [-0.4, -0.2) is 25.5 Å². The van der Waals surface area contributed by atoms with Gasteiger partial charge in [0.05, 0.1) is 13.0 Å². The molecular weight excluding hydrogens is 356 g/mol. The van der Waals surface area contributed by atoms with E-state index in [2.05, 4.69) is 5.32 Å². The summed E-state index contributed by atoms with van der Waals surface area (Å²) in [6.07, 6.45) is 8.32. The average Bonchev–Trinajstić information content (AvgIpc) is 2.73. The quantitative estimate of drug-likeness (QED) is 0.241. The van der Waals surface area contributed by atoms with Crippen LogP contribution in [0, 0.1) is 17.2 Å². The Balaban J connectivity index is 2.11. The second-order valence-corrected chi connectivity index (χ2v) is 6.95. The summed E-state index contributed by atoms with van der Waals surface area (Å²) in [6, 6.07) is 6.91. The van der Waals surface area contributed by atoms with Gasteiger partial charge in [-0.1, -0.05) is 38.7 Å². The van der Waals surface area contributed by atoms with E-state index < -0.39 is 5.91 Å². The first kappa shape index (κ1) is 21.5. The third kappa shape index (κ3) is 6.12. The molecule has 1 N–H and O–H groups in total. The van der Waals surface area contributed by atoms with Crippen LogP contribution >= 0.6 is 0 Å². The minimum atomic E-state index is -0.400. The normalized spacial score (nSPS) is 14.8. The Bertz CT molecular complexity index is 758. The molecule has 1 amide bonds. The van der Waals surface area contributed by atoms with Gasteiger partial charge in [0.25, 0.3) is 5.91 Å². The predicted molar refractivity (Wildman–Crippen MR) is 107 cm³/mol. The lowest BCUT2D eigenvalue weighted by atomic mass is 9.89. The average molecular weight is 384 g/mol. The molecule has 0 saturated heterocycles. The number of benzene rings is 1. The van der Waals surface area contributed by atoms with Crippen LogP contribution in [0.2, 0.25) is 0 Å². The maximum Gasteiger partial charge on any atom is 0.314 e. The van der Waals surface area contributed by atoms with Crippen LogP contribution in [0.1, 0.15) is 57.4 Å². The van der Waals surface area contributed by atoms with Gasteiger partial charge in [-0.3, -0.25) is 9.59 Å². The lowest BCUT2D eigenvalue weighted by molar-refractivity contribution is -0.140. The first-order valence-corrected chi connectivity index (χ1v) is 9.88. The van der Waals surface area contributed by atoms with Crippen molar-refractivity contribution >= 4 is 18.0 Å². The molecule has 6 heteroatoms. The highest BCUT2D eigenvalue weighted by Crippen LogP contribution is 2.31. The standard InChI is InChI=1S/C22H28N2O4/c1-3-4-12-24-21(25)18(15-23)13-16-10-11-19(20(14-16)27-2)28-22(26)17-8-6-5-7-9-17/h10-11,13-14,17H,3-9,12H2,1-2H3,(H,24,25)/b18-13+. The van der Waals surface area contributed by atoms with Gasteiger partial charge in [-0.2, -0.15) is 5.26 Å². The SMILES string of the molecule is CCCCNC(=O)/C(C#N)=C/c1ccc(OC(=O)C2CCCCC2)c(OC)c1. The van der Waals surface area contributed by atoms with Crippen LogP contribution in [0.3, 0.4) is 0 Å². The highest BCUT2D eigenvalue weighted by Gasteiger charge is 2.24. The Morgan fingerprint density at radius 2 is 2.00 bits per heavy atom. The van der Waals surface area contributed by atoms with Gasteiger partial charge in [-0.25, -0.2) is 0 Å². The summed E-state index contributed by atoms with van der Waals surface area (Å²) in [4.78, 5) is 24.5. The number of unbranched alkanes of at least 4 members (excludes halogenated alkanes) is 1. The third-order valence-electron chi connectivity index (χ3n) is 4.83. The minimum absolute atomic E-state index is 0.0186. The summed E-state index contributed by atoms with van der Waals surface area (Å²) in [6.45, 7) is 2.57. The lowest BCUT2D eigenvalue weighted by Gasteiger charge is -2.20. The topological polar surface area (TPSA) is 88.4 Å². The number of carbonyl (C=O) groups is 2. The molecular formula is C22H28N2O4. The fraction of sp³-hybridized carbons (Fsp3) is 0.500. The molecule has 0 atom stereocenters. The maximum absolute atomic E-state index is 12.4. The second-order valence-electron chi connectivity index (χ2n) is 6.95. The highest BCUT2D eigenvalue weighted by atomic mass is 16.6. The van der Waals surface area contributed by atoms with Gasteiger partial charge in [0.1, 0.15) is 11.6 Å². The second kappa shape index (κ2) is 11.1. The van der Waals surface area contributed by atoms with E-state index in [1.807, 2.05) is 13.0 Å². The molecule has 150 valence electrons. The van der Waals surface area contributed by atoms with Gasteiger partial charge in [0.15, 0.2) is 11.5 Å². The van der Waals surface area contributed by atoms with Crippen LogP contribution in [0.25, 0.3) is 6.08 Å². The molecule has 1 saturated carbocycles. The Hall–Kier alpha value is -2.81. The Morgan fingerprint density at radius 1 is 1.25 bits per heavy atom. The first-order valence-electron chi connectivity index (χ1n) is 9.88. The van der Waals surface area contributed by atoms with Crippen LogP contribution in [0.4, 0.5) is 0 Å². The smallest absolute Gasteiger partial charge is 0.314 e. The molecule has 0 radical (unpaired) electrons. The van der Waals surface area contributed by atoms with E-state index in [0.29, 0.717) is 23.6 Å². The lowest BCUT2D eigenvalue weighted by Crippen LogP contribution is -2.25. The zero-order valence-corrected chi connectivity index (χ0v) is 16.6. The fourth-order valence-electron chi connectivity index (χ4n) is 3.18. The molecule has 28 heavy (non-hydrogen) atoms. The summed E-state index contributed by atoms with van der Waals surface area (Å²) in [5.74, 6) is 0.0507. The molecule has 0 heterocycles. The molecule has 0 aliphatic heterocycles. The van der Waals surface area contributed by atoms with Crippen LogP contribution in [0.5, 0.6) is 11.5 Å². The van der Waals surface area contributed by atoms with Gasteiger partial charge < -0.3 is 14.8 Å². The summed E-state index contributed by atoms with van der Waals surface area (Å²) in [5, 5.41) is 12.0. The molecule has 1 aliphatic rings. The Labute approximate surface area is 166 Å². The molecule has 1 aliphatic carbocycles. The Kier molecular flexibility index (Phi) is 8.54. The molecule has 1 fully saturated rings. The minimum Gasteiger partial charge on any atom is -0.493 e. The zero-order valence-electron chi connectivity index (χ0n) is 16.6. The van der Waals surface area contributed by atoms with E-state index in [4.69, 9.17) is 9.47 Å². The number of hydrogen-bond acceptors (Lipinski definition) is 5. The number of nitrogens with one attached hydrogen (secondary N) is 1. The van der Waals surface area contributed by atoms with E-state index in [1.165, 1.54) is 19.6 Å². The summed E-state index contributed by atoms with van der Waals surface area (Å²) in [7, 11) is 1.49. The molecule has 0 bridgehead atoms. The van der Waals surface area contributed by atoms with Gasteiger partial charge in [-0.05, 0) is 43.0 Å². The van der Waals surface area contributed by atoms with E-state index in [-0.39, 0.29) is 17.5 Å². The number of hydrogen-bond donors (Lipinski definition) is 1. The first-order chi connectivity index (χ1) is 13.6. The van der Waals surface area contributed by atoms with Crippen molar-refractivity contribution < 1.29 is 19.1 Å². The number of amides is 1. The number of carbonyl (C=O) groups excluding carboxylic acids is 2. The van der Waals surface area contributed by atoms with Crippen molar-refractivity contribution in [3.63, 3.8) is 0 Å². The van der Waals surface area contributed by atoms with Crippen molar-refractivity contribution in [2.45, 2.75) is 51.9 Å². The molecule has 1 aromatic rings. The third-order valence-corrected chi connectivity index (χ3v) is 4.83. The van der Waals surface area contributed by atoms with Crippen molar-refractivity contribution in [3.05, 3.63) is 29.3 Å². The van der Waals surface area contributed by atoms with Crippen molar-refractivity contribution in [1.29, 1.82) is 5.26 Å². The van der Waals surface area contributed by atoms with E-state index in [9.17, 15) is 14.9 Å². The molecule has 1 aromatic carbocycles. The number of esters is 1. The van der Waals surface area contributed by atoms with Gasteiger partial charge in [0, 0.05) is 6.54 Å². The van der Waals surface area contributed by atoms with Gasteiger partial charge in [0.2, 0.25) is 0 Å². The molecule has 0 unspecified atom stereocenters. The predicted octanol–water partition coefficient (Wildman–Crippen LogP) is 4.00. The molecule has 2 rings (SSSR count). The van der Waals surface area contributed by atoms with Crippen LogP contribution in [-0.2, 0) is 9.59 Å². The maximum atomic E-state index is 12.4. The monoisotopic (exact) mass is 384 g/mol. The summed E-state index contributed by atoms with van der Waals surface area (Å²) < 4.78 is 10.9. The number of methoxy groups -OCH3 is 1. The number of nitriles is 1. The molecule has 6 nitrogen and oxygen atoms in total. The van der Waals surface area contributed by atoms with Crippen molar-refractivity contribution in [2.75, 3.05) is 13.7 Å².